The zero-order valence-electron chi connectivity index (χ0n) is 13.3. The number of aryl methyl sites for hydroxylation is 1. The van der Waals surface area contributed by atoms with E-state index in [9.17, 15) is 9.59 Å². The number of amides is 2. The molecule has 0 spiro atoms. The lowest BCUT2D eigenvalue weighted by Crippen LogP contribution is -2.46. The molecular weight excluding hydrogens is 334 g/mol. The van der Waals surface area contributed by atoms with Crippen molar-refractivity contribution in [2.75, 3.05) is 26.2 Å². The molecule has 0 aromatic carbocycles. The average Bonchev–Trinajstić information content (AvgIpc) is 3.06. The molecule has 2 heterocycles. The van der Waals surface area contributed by atoms with Crippen LogP contribution >= 0.6 is 23.7 Å². The van der Waals surface area contributed by atoms with Gasteiger partial charge in [0, 0.05) is 37.5 Å². The largest absolute Gasteiger partial charge is 0.355 e. The first-order valence-electron chi connectivity index (χ1n) is 7.98. The third-order valence-electron chi connectivity index (χ3n) is 3.98. The fraction of sp³-hybridized carbons (Fsp3) is 0.625. The molecule has 1 fully saturated rings. The van der Waals surface area contributed by atoms with Crippen LogP contribution in [0.4, 0.5) is 0 Å². The van der Waals surface area contributed by atoms with Crippen molar-refractivity contribution in [3.8, 4) is 0 Å². The summed E-state index contributed by atoms with van der Waals surface area (Å²) in [4.78, 5) is 27.5. The van der Waals surface area contributed by atoms with Crippen molar-refractivity contribution in [1.29, 1.82) is 0 Å². The summed E-state index contributed by atoms with van der Waals surface area (Å²) in [5.74, 6) is 0.121. The summed E-state index contributed by atoms with van der Waals surface area (Å²) in [6.07, 6.45) is 4.15. The molecule has 1 aromatic heterocycles. The first-order valence-corrected chi connectivity index (χ1v) is 8.86. The Balaban J connectivity index is 0.00000264. The van der Waals surface area contributed by atoms with Gasteiger partial charge in [-0.2, -0.15) is 0 Å². The molecule has 1 aliphatic heterocycles. The summed E-state index contributed by atoms with van der Waals surface area (Å²) in [7, 11) is 0. The fourth-order valence-electron chi connectivity index (χ4n) is 2.78. The Kier molecular flexibility index (Phi) is 9.21. The number of carbonyl (C=O) groups is 2. The van der Waals surface area contributed by atoms with Crippen LogP contribution in [-0.2, 0) is 16.0 Å². The number of likely N-dealkylation sites (tertiary alicyclic amines) is 1. The van der Waals surface area contributed by atoms with E-state index in [1.807, 2.05) is 11.0 Å². The number of hydrogen-bond donors (Lipinski definition) is 2. The van der Waals surface area contributed by atoms with Gasteiger partial charge in [-0.15, -0.1) is 23.7 Å². The fourth-order valence-corrected chi connectivity index (χ4v) is 3.54. The summed E-state index contributed by atoms with van der Waals surface area (Å²) >= 11 is 1.73. The molecule has 23 heavy (non-hydrogen) atoms. The Hall–Kier alpha value is -1.11. The molecule has 130 valence electrons. The van der Waals surface area contributed by atoms with Crippen LogP contribution in [0.15, 0.2) is 17.5 Å². The Morgan fingerprint density at radius 3 is 2.96 bits per heavy atom. The van der Waals surface area contributed by atoms with Gasteiger partial charge >= 0.3 is 0 Å². The standard InChI is InChI=1S/C16H25N3O2S.ClH/c17-8-9-18-16(21)13-4-2-10-19(12-13)15(20)7-1-5-14-6-3-11-22-14;/h3,6,11,13H,1-2,4-5,7-10,12,17H2,(H,18,21);1H. The smallest absolute Gasteiger partial charge is 0.224 e. The topological polar surface area (TPSA) is 75.4 Å². The van der Waals surface area contributed by atoms with Crippen LogP contribution in [0, 0.1) is 5.92 Å². The summed E-state index contributed by atoms with van der Waals surface area (Å²) in [5, 5.41) is 4.88. The second-order valence-electron chi connectivity index (χ2n) is 5.69. The molecule has 1 unspecified atom stereocenters. The minimum Gasteiger partial charge on any atom is -0.355 e. The van der Waals surface area contributed by atoms with E-state index in [-0.39, 0.29) is 30.1 Å². The predicted octanol–water partition coefficient (Wildman–Crippen LogP) is 1.81. The second kappa shape index (κ2) is 10.6. The molecular formula is C16H26ClN3O2S. The Morgan fingerprint density at radius 2 is 2.26 bits per heavy atom. The summed E-state index contributed by atoms with van der Waals surface area (Å²) < 4.78 is 0. The number of halogens is 1. The summed E-state index contributed by atoms with van der Waals surface area (Å²) in [5.41, 5.74) is 5.40. The van der Waals surface area contributed by atoms with Crippen molar-refractivity contribution in [3.05, 3.63) is 22.4 Å². The zero-order chi connectivity index (χ0) is 15.8. The normalized spacial score (nSPS) is 17.4. The van der Waals surface area contributed by atoms with E-state index in [1.165, 1.54) is 4.88 Å². The molecule has 0 radical (unpaired) electrons. The lowest BCUT2D eigenvalue weighted by Gasteiger charge is -2.32. The van der Waals surface area contributed by atoms with Crippen molar-refractivity contribution >= 4 is 35.6 Å². The van der Waals surface area contributed by atoms with Crippen LogP contribution in [0.5, 0.6) is 0 Å². The van der Waals surface area contributed by atoms with E-state index in [0.717, 1.165) is 32.2 Å². The highest BCUT2D eigenvalue weighted by atomic mass is 35.5. The van der Waals surface area contributed by atoms with Crippen LogP contribution in [0.1, 0.15) is 30.6 Å². The van der Waals surface area contributed by atoms with Gasteiger partial charge in [-0.25, -0.2) is 0 Å². The van der Waals surface area contributed by atoms with Crippen LogP contribution in [0.2, 0.25) is 0 Å². The number of nitrogens with two attached hydrogens (primary N) is 1. The number of thiophene rings is 1. The van der Waals surface area contributed by atoms with Gasteiger partial charge in [0.25, 0.3) is 0 Å². The van der Waals surface area contributed by atoms with E-state index in [4.69, 9.17) is 5.73 Å². The highest BCUT2D eigenvalue weighted by Crippen LogP contribution is 2.18. The number of carbonyl (C=O) groups excluding carboxylic acids is 2. The van der Waals surface area contributed by atoms with Gasteiger partial charge in [-0.3, -0.25) is 9.59 Å². The molecule has 7 heteroatoms. The zero-order valence-corrected chi connectivity index (χ0v) is 15.0. The van der Waals surface area contributed by atoms with Crippen molar-refractivity contribution in [2.45, 2.75) is 32.1 Å². The van der Waals surface area contributed by atoms with Gasteiger partial charge in [0.05, 0.1) is 5.92 Å². The third kappa shape index (κ3) is 6.49. The number of rotatable bonds is 7. The molecule has 0 saturated carbocycles. The summed E-state index contributed by atoms with van der Waals surface area (Å²) in [6.45, 7) is 2.28. The highest BCUT2D eigenvalue weighted by Gasteiger charge is 2.27. The number of nitrogens with one attached hydrogen (secondary N) is 1. The van der Waals surface area contributed by atoms with Gasteiger partial charge in [-0.1, -0.05) is 6.07 Å². The molecule has 1 aromatic rings. The van der Waals surface area contributed by atoms with Crippen LogP contribution in [0.3, 0.4) is 0 Å². The molecule has 1 aliphatic rings. The lowest BCUT2D eigenvalue weighted by atomic mass is 9.96. The first kappa shape index (κ1) is 19.9. The second-order valence-corrected chi connectivity index (χ2v) is 6.72. The minimum atomic E-state index is -0.0819. The maximum atomic E-state index is 12.3. The quantitative estimate of drug-likeness (QED) is 0.779. The van der Waals surface area contributed by atoms with Crippen molar-refractivity contribution < 1.29 is 9.59 Å². The first-order chi connectivity index (χ1) is 10.7. The van der Waals surface area contributed by atoms with Crippen LogP contribution < -0.4 is 11.1 Å². The Morgan fingerprint density at radius 1 is 1.43 bits per heavy atom. The van der Waals surface area contributed by atoms with Gasteiger partial charge in [-0.05, 0) is 37.1 Å². The van der Waals surface area contributed by atoms with Crippen molar-refractivity contribution in [2.24, 2.45) is 11.7 Å². The van der Waals surface area contributed by atoms with E-state index in [1.54, 1.807) is 11.3 Å². The minimum absolute atomic E-state index is 0. The van der Waals surface area contributed by atoms with Gasteiger partial charge in [0.15, 0.2) is 0 Å². The van der Waals surface area contributed by atoms with E-state index in [0.29, 0.717) is 26.1 Å². The van der Waals surface area contributed by atoms with Gasteiger partial charge < -0.3 is 16.0 Å². The maximum absolute atomic E-state index is 12.3. The van der Waals surface area contributed by atoms with E-state index < -0.39 is 0 Å². The molecule has 2 rings (SSSR count). The van der Waals surface area contributed by atoms with Crippen molar-refractivity contribution in [3.63, 3.8) is 0 Å². The molecule has 2 amide bonds. The van der Waals surface area contributed by atoms with E-state index in [2.05, 4.69) is 16.8 Å². The lowest BCUT2D eigenvalue weighted by molar-refractivity contribution is -0.135. The SMILES string of the molecule is Cl.NCCNC(=O)C1CCCN(C(=O)CCCc2cccs2)C1. The van der Waals surface area contributed by atoms with Gasteiger partial charge in [0.2, 0.25) is 11.8 Å². The number of hydrogen-bond acceptors (Lipinski definition) is 4. The van der Waals surface area contributed by atoms with Crippen molar-refractivity contribution in [1.82, 2.24) is 10.2 Å². The summed E-state index contributed by atoms with van der Waals surface area (Å²) in [6, 6.07) is 4.14. The molecule has 1 saturated heterocycles. The predicted molar refractivity (Wildman–Crippen MR) is 95.9 cm³/mol. The number of nitrogens with zero attached hydrogens (tertiary/aromatic N) is 1. The third-order valence-corrected chi connectivity index (χ3v) is 4.92. The van der Waals surface area contributed by atoms with Gasteiger partial charge in [0.1, 0.15) is 0 Å². The average molecular weight is 360 g/mol. The monoisotopic (exact) mass is 359 g/mol. The molecule has 1 atom stereocenters. The van der Waals surface area contributed by atoms with E-state index >= 15 is 0 Å². The highest BCUT2D eigenvalue weighted by molar-refractivity contribution is 7.09. The molecule has 0 aliphatic carbocycles. The van der Waals surface area contributed by atoms with Crippen LogP contribution in [0.25, 0.3) is 0 Å². The molecule has 3 N–H and O–H groups in total. The number of piperidine rings is 1. The molecule has 0 bridgehead atoms. The van der Waals surface area contributed by atoms with Crippen LogP contribution in [-0.4, -0.2) is 42.9 Å². The maximum Gasteiger partial charge on any atom is 0.224 e. The Labute approximate surface area is 148 Å². The Bertz CT molecular complexity index is 482. The molecule has 5 nitrogen and oxygen atoms in total.